The summed E-state index contributed by atoms with van der Waals surface area (Å²) in [5.41, 5.74) is 0.0643. The molecule has 2 aromatic heterocycles. The number of aliphatic hydroxyl groups is 1. The number of carbonyl (C=O) groups excluding carboxylic acids is 2. The van der Waals surface area contributed by atoms with Crippen LogP contribution in [0.1, 0.15) is 113 Å². The second-order valence-electron chi connectivity index (χ2n) is 14.8. The first kappa shape index (κ1) is 31.7. The van der Waals surface area contributed by atoms with E-state index in [1.807, 2.05) is 6.07 Å². The predicted octanol–water partition coefficient (Wildman–Crippen LogP) is 7.92. The minimum Gasteiger partial charge on any atom is -0.422 e. The number of benzene rings is 1. The van der Waals surface area contributed by atoms with Crippen LogP contribution in [0.5, 0.6) is 0 Å². The number of anilines is 1. The van der Waals surface area contributed by atoms with Crippen LogP contribution in [0.3, 0.4) is 0 Å². The van der Waals surface area contributed by atoms with Crippen molar-refractivity contribution in [1.29, 1.82) is 0 Å². The molecule has 244 valence electrons. The quantitative estimate of drug-likeness (QED) is 0.256. The molecule has 2 spiro atoms. The van der Waals surface area contributed by atoms with Crippen LogP contribution in [-0.2, 0) is 21.6 Å². The Bertz CT molecular complexity index is 1680. The molecule has 4 aliphatic rings. The number of carbonyl (C=O) groups is 2. The number of amides is 1. The SMILES string of the molecule is CC1(C)CCC2(CC1)C[C@@H](C(=O)CC1CCC(c3nnc(CO)o3)CC1)[C@H](c1ccnc(Cl)c1F)[C@]21C(=O)Nc2cc(Cl)ccc21. The fraction of sp³-hybridized carbons (Fsp3) is 0.571. The van der Waals surface area contributed by atoms with E-state index in [0.717, 1.165) is 56.9 Å². The molecule has 1 aromatic carbocycles. The van der Waals surface area contributed by atoms with Crippen molar-refractivity contribution in [1.82, 2.24) is 15.2 Å². The average Bonchev–Trinajstić information content (AvgIpc) is 3.71. The second kappa shape index (κ2) is 11.7. The summed E-state index contributed by atoms with van der Waals surface area (Å²) in [5, 5.41) is 20.7. The smallest absolute Gasteiger partial charge is 0.241 e. The van der Waals surface area contributed by atoms with Gasteiger partial charge >= 0.3 is 0 Å². The first-order valence-corrected chi connectivity index (χ1v) is 17.1. The molecule has 3 atom stereocenters. The zero-order valence-corrected chi connectivity index (χ0v) is 27.6. The summed E-state index contributed by atoms with van der Waals surface area (Å²) in [5.74, 6) is -1.15. The van der Waals surface area contributed by atoms with Gasteiger partial charge in [-0.1, -0.05) is 43.1 Å². The van der Waals surface area contributed by atoms with Crippen LogP contribution in [0.25, 0.3) is 0 Å². The zero-order valence-electron chi connectivity index (χ0n) is 26.1. The molecule has 1 aliphatic heterocycles. The molecular weight excluding hydrogens is 630 g/mol. The second-order valence-corrected chi connectivity index (χ2v) is 15.6. The van der Waals surface area contributed by atoms with Crippen molar-refractivity contribution >= 4 is 40.6 Å². The van der Waals surface area contributed by atoms with E-state index in [-0.39, 0.29) is 52.2 Å². The van der Waals surface area contributed by atoms with Crippen molar-refractivity contribution in [3.63, 3.8) is 0 Å². The number of nitrogens with zero attached hydrogens (tertiary/aromatic N) is 3. The molecule has 2 N–H and O–H groups in total. The minimum atomic E-state index is -1.17. The summed E-state index contributed by atoms with van der Waals surface area (Å²) in [4.78, 5) is 33.3. The highest BCUT2D eigenvalue weighted by molar-refractivity contribution is 6.31. The maximum Gasteiger partial charge on any atom is 0.241 e. The maximum absolute atomic E-state index is 16.2. The van der Waals surface area contributed by atoms with Gasteiger partial charge in [0, 0.05) is 41.1 Å². The van der Waals surface area contributed by atoms with Gasteiger partial charge in [-0.2, -0.15) is 0 Å². The van der Waals surface area contributed by atoms with E-state index < -0.39 is 28.5 Å². The Morgan fingerprint density at radius 2 is 1.83 bits per heavy atom. The Morgan fingerprint density at radius 3 is 2.52 bits per heavy atom. The standard InChI is InChI=1S/C35H39Cl2FN4O4/c1-33(2)10-12-34(13-11-33)17-23(26(44)15-19-3-5-20(6-4-19)31-42-41-27(18-43)46-31)28(22-9-14-39-30(37)29(22)38)35(34)24-8-7-21(36)16-25(24)40-32(35)45/h7-9,14,16,19-20,23,28,43H,3-6,10-13,15,17-18H2,1-2H3,(H,40,45)/t19?,20?,23-,28-,35+/m0/s1. The first-order valence-electron chi connectivity index (χ1n) is 16.4. The number of hydrogen-bond acceptors (Lipinski definition) is 7. The molecule has 0 bridgehead atoms. The van der Waals surface area contributed by atoms with Crippen molar-refractivity contribution in [3.05, 3.63) is 69.4 Å². The summed E-state index contributed by atoms with van der Waals surface area (Å²) in [6, 6.07) is 7.06. The Morgan fingerprint density at radius 1 is 1.09 bits per heavy atom. The predicted molar refractivity (Wildman–Crippen MR) is 171 cm³/mol. The number of ketones is 1. The van der Waals surface area contributed by atoms with Crippen LogP contribution in [-0.4, -0.2) is 32.0 Å². The molecule has 7 rings (SSSR count). The molecule has 3 saturated carbocycles. The number of fused-ring (bicyclic) bond motifs is 3. The Labute approximate surface area is 277 Å². The van der Waals surface area contributed by atoms with Gasteiger partial charge in [0.1, 0.15) is 12.4 Å². The van der Waals surface area contributed by atoms with Crippen molar-refractivity contribution in [2.75, 3.05) is 5.32 Å². The molecular formula is C35H39Cl2FN4O4. The van der Waals surface area contributed by atoms with Crippen LogP contribution >= 0.6 is 23.2 Å². The lowest BCUT2D eigenvalue weighted by Crippen LogP contribution is -2.52. The van der Waals surface area contributed by atoms with Gasteiger partial charge in [0.05, 0.1) is 5.41 Å². The van der Waals surface area contributed by atoms with Gasteiger partial charge in [0.25, 0.3) is 0 Å². The molecule has 8 nitrogen and oxygen atoms in total. The first-order chi connectivity index (χ1) is 22.0. The van der Waals surface area contributed by atoms with Gasteiger partial charge < -0.3 is 14.8 Å². The molecule has 1 amide bonds. The van der Waals surface area contributed by atoms with Gasteiger partial charge in [-0.3, -0.25) is 9.59 Å². The van der Waals surface area contributed by atoms with Crippen LogP contribution in [0, 0.1) is 28.5 Å². The van der Waals surface area contributed by atoms with Gasteiger partial charge in [-0.25, -0.2) is 9.37 Å². The topological polar surface area (TPSA) is 118 Å². The Hall–Kier alpha value is -2.88. The number of nitrogens with one attached hydrogen (secondary N) is 1. The fourth-order valence-electron chi connectivity index (χ4n) is 9.44. The number of halogens is 3. The fourth-order valence-corrected chi connectivity index (χ4v) is 9.78. The summed E-state index contributed by atoms with van der Waals surface area (Å²) in [7, 11) is 0. The Kier molecular flexibility index (Phi) is 8.04. The van der Waals surface area contributed by atoms with E-state index >= 15 is 4.39 Å². The molecule has 3 fully saturated rings. The lowest BCUT2D eigenvalue weighted by atomic mass is 9.51. The van der Waals surface area contributed by atoms with E-state index in [0.29, 0.717) is 29.4 Å². The molecule has 3 heterocycles. The van der Waals surface area contributed by atoms with Crippen molar-refractivity contribution < 1.29 is 23.5 Å². The lowest BCUT2D eigenvalue weighted by molar-refractivity contribution is -0.127. The Balaban J connectivity index is 1.28. The van der Waals surface area contributed by atoms with Crippen LogP contribution in [0.15, 0.2) is 34.9 Å². The summed E-state index contributed by atoms with van der Waals surface area (Å²) < 4.78 is 21.8. The van der Waals surface area contributed by atoms with Gasteiger partial charge in [0.2, 0.25) is 17.7 Å². The number of aromatic nitrogens is 3. The van der Waals surface area contributed by atoms with E-state index in [1.54, 1.807) is 18.2 Å². The van der Waals surface area contributed by atoms with Gasteiger partial charge in [-0.15, -0.1) is 10.2 Å². The summed E-state index contributed by atoms with van der Waals surface area (Å²) >= 11 is 12.7. The largest absolute Gasteiger partial charge is 0.422 e. The van der Waals surface area contributed by atoms with Crippen molar-refractivity contribution in [3.8, 4) is 0 Å². The highest BCUT2D eigenvalue weighted by Crippen LogP contribution is 2.72. The van der Waals surface area contributed by atoms with Gasteiger partial charge in [0.15, 0.2) is 11.0 Å². The molecule has 11 heteroatoms. The lowest BCUT2D eigenvalue weighted by Gasteiger charge is -2.51. The number of hydrogen-bond donors (Lipinski definition) is 2. The van der Waals surface area contributed by atoms with Crippen LogP contribution in [0.2, 0.25) is 10.2 Å². The molecule has 0 radical (unpaired) electrons. The molecule has 46 heavy (non-hydrogen) atoms. The average molecular weight is 670 g/mol. The third-order valence-corrected chi connectivity index (χ3v) is 12.3. The van der Waals surface area contributed by atoms with E-state index in [2.05, 4.69) is 34.3 Å². The van der Waals surface area contributed by atoms with E-state index in [9.17, 15) is 14.7 Å². The normalized spacial score (nSPS) is 29.7. The number of aliphatic hydroxyl groups excluding tert-OH is 1. The minimum absolute atomic E-state index is 0.0671. The van der Waals surface area contributed by atoms with E-state index in [4.69, 9.17) is 27.6 Å². The van der Waals surface area contributed by atoms with Crippen LogP contribution in [0.4, 0.5) is 10.1 Å². The zero-order chi connectivity index (χ0) is 32.4. The van der Waals surface area contributed by atoms with Crippen molar-refractivity contribution in [2.24, 2.45) is 22.7 Å². The summed E-state index contributed by atoms with van der Waals surface area (Å²) in [6.45, 7) is 4.21. The monoisotopic (exact) mass is 668 g/mol. The maximum atomic E-state index is 16.2. The van der Waals surface area contributed by atoms with E-state index in [1.165, 1.54) is 6.20 Å². The summed E-state index contributed by atoms with van der Waals surface area (Å²) in [6.07, 6.45) is 8.85. The third-order valence-electron chi connectivity index (χ3n) is 11.8. The van der Waals surface area contributed by atoms with Crippen molar-refractivity contribution in [2.45, 2.75) is 102 Å². The number of pyridine rings is 1. The van der Waals surface area contributed by atoms with Gasteiger partial charge in [-0.05, 0) is 104 Å². The number of Topliss-reactive ketones (excluding diaryl/α,β-unsaturated/α-hetero) is 1. The molecule has 3 aliphatic carbocycles. The molecule has 3 aromatic rings. The number of rotatable bonds is 6. The third kappa shape index (κ3) is 4.99. The highest BCUT2D eigenvalue weighted by Gasteiger charge is 2.72. The van der Waals surface area contributed by atoms with Crippen LogP contribution < -0.4 is 5.32 Å². The highest BCUT2D eigenvalue weighted by atomic mass is 35.5. The molecule has 0 saturated heterocycles. The molecule has 0 unspecified atom stereocenters.